The van der Waals surface area contributed by atoms with Crippen LogP contribution in [-0.2, 0) is 16.0 Å². The smallest absolute Gasteiger partial charge is 0.223 e. The first-order valence-electron chi connectivity index (χ1n) is 8.83. The van der Waals surface area contributed by atoms with Gasteiger partial charge in [0.05, 0.1) is 0 Å². The molecular weight excluding hydrogens is 326 g/mol. The first kappa shape index (κ1) is 19.5. The zero-order chi connectivity index (χ0) is 18.9. The van der Waals surface area contributed by atoms with Crippen molar-refractivity contribution < 1.29 is 9.59 Å². The van der Waals surface area contributed by atoms with Crippen molar-refractivity contribution in [3.63, 3.8) is 0 Å². The first-order valence-corrected chi connectivity index (χ1v) is 8.83. The fraction of sp³-hybridized carbons (Fsp3) is 0.333. The number of hydrogen-bond donors (Lipinski definition) is 1. The molecule has 2 amide bonds. The number of anilines is 2. The second-order valence-corrected chi connectivity index (χ2v) is 6.42. The van der Waals surface area contributed by atoms with E-state index in [4.69, 9.17) is 0 Å². The third-order valence-corrected chi connectivity index (χ3v) is 4.20. The molecule has 0 saturated carbocycles. The fourth-order valence-electron chi connectivity index (χ4n) is 2.70. The Hall–Kier alpha value is -2.82. The Morgan fingerprint density at radius 3 is 2.12 bits per heavy atom. The maximum absolute atomic E-state index is 12.0. The average Bonchev–Trinajstić information content (AvgIpc) is 2.64. The Balaban J connectivity index is 1.82. The lowest BCUT2D eigenvalue weighted by Gasteiger charge is -2.22. The molecule has 0 aliphatic rings. The number of rotatable bonds is 8. The predicted molar refractivity (Wildman–Crippen MR) is 107 cm³/mol. The number of carbonyl (C=O) groups excluding carboxylic acids is 2. The van der Waals surface area contributed by atoms with Crippen molar-refractivity contribution in [2.45, 2.75) is 19.8 Å². The minimum atomic E-state index is -0.0406. The van der Waals surface area contributed by atoms with Crippen molar-refractivity contribution in [1.29, 1.82) is 0 Å². The maximum Gasteiger partial charge on any atom is 0.223 e. The molecule has 0 fully saturated rings. The molecule has 2 rings (SSSR count). The molecule has 0 atom stereocenters. The van der Waals surface area contributed by atoms with E-state index in [0.29, 0.717) is 19.5 Å². The number of nitrogens with one attached hydrogen (secondary N) is 1. The van der Waals surface area contributed by atoms with E-state index in [1.54, 1.807) is 4.90 Å². The number of benzene rings is 2. The van der Waals surface area contributed by atoms with Crippen LogP contribution in [0.15, 0.2) is 54.6 Å². The lowest BCUT2D eigenvalue weighted by atomic mass is 10.1. The van der Waals surface area contributed by atoms with Gasteiger partial charge >= 0.3 is 0 Å². The molecular formula is C21H27N3O2. The van der Waals surface area contributed by atoms with E-state index < -0.39 is 0 Å². The van der Waals surface area contributed by atoms with Gasteiger partial charge in [0.1, 0.15) is 0 Å². The van der Waals surface area contributed by atoms with Crippen LogP contribution in [-0.4, -0.2) is 39.0 Å². The predicted octanol–water partition coefficient (Wildman–Crippen LogP) is 2.85. The number of amides is 2. The Morgan fingerprint density at radius 2 is 1.54 bits per heavy atom. The molecule has 0 unspecified atom stereocenters. The lowest BCUT2D eigenvalue weighted by molar-refractivity contribution is -0.121. The summed E-state index contributed by atoms with van der Waals surface area (Å²) in [6.45, 7) is 2.42. The zero-order valence-electron chi connectivity index (χ0n) is 15.7. The second kappa shape index (κ2) is 9.61. The van der Waals surface area contributed by atoms with Crippen LogP contribution >= 0.6 is 0 Å². The normalized spacial score (nSPS) is 10.3. The molecule has 2 aromatic carbocycles. The van der Waals surface area contributed by atoms with Gasteiger partial charge in [-0.15, -0.1) is 0 Å². The Morgan fingerprint density at radius 1 is 0.923 bits per heavy atom. The van der Waals surface area contributed by atoms with Gasteiger partial charge in [-0.05, 0) is 36.2 Å². The standard InChI is InChI=1S/C21H27N3O2/c1-17(25)24(20-12-10-19(11-13-20)23(2)3)16-15-22-21(26)14-9-18-7-5-4-6-8-18/h4-8,10-13H,9,14-16H2,1-3H3,(H,22,26). The molecule has 0 radical (unpaired) electrons. The Labute approximate surface area is 155 Å². The molecule has 0 bridgehead atoms. The summed E-state index contributed by atoms with van der Waals surface area (Å²) in [5, 5.41) is 2.90. The van der Waals surface area contributed by atoms with Crippen molar-refractivity contribution in [2.75, 3.05) is 37.0 Å². The van der Waals surface area contributed by atoms with Crippen molar-refractivity contribution >= 4 is 23.2 Å². The van der Waals surface area contributed by atoms with Gasteiger partial charge in [0.15, 0.2) is 0 Å². The van der Waals surface area contributed by atoms with Crippen LogP contribution < -0.4 is 15.1 Å². The van der Waals surface area contributed by atoms with Crippen LogP contribution in [0.5, 0.6) is 0 Å². The summed E-state index contributed by atoms with van der Waals surface area (Å²) in [6, 6.07) is 17.7. The number of carbonyl (C=O) groups is 2. The summed E-state index contributed by atoms with van der Waals surface area (Å²) >= 11 is 0. The lowest BCUT2D eigenvalue weighted by Crippen LogP contribution is -2.37. The monoisotopic (exact) mass is 353 g/mol. The molecule has 1 N–H and O–H groups in total. The van der Waals surface area contributed by atoms with Crippen molar-refractivity contribution in [2.24, 2.45) is 0 Å². The number of aryl methyl sites for hydroxylation is 1. The van der Waals surface area contributed by atoms with E-state index in [1.807, 2.05) is 73.6 Å². The molecule has 0 saturated heterocycles. The highest BCUT2D eigenvalue weighted by atomic mass is 16.2. The zero-order valence-corrected chi connectivity index (χ0v) is 15.7. The highest BCUT2D eigenvalue weighted by Gasteiger charge is 2.12. The summed E-state index contributed by atoms with van der Waals surface area (Å²) in [7, 11) is 3.95. The topological polar surface area (TPSA) is 52.7 Å². The van der Waals surface area contributed by atoms with Crippen LogP contribution in [0, 0.1) is 0 Å². The van der Waals surface area contributed by atoms with E-state index in [2.05, 4.69) is 5.32 Å². The van der Waals surface area contributed by atoms with Crippen LogP contribution in [0.3, 0.4) is 0 Å². The Kier molecular flexibility index (Phi) is 7.21. The fourth-order valence-corrected chi connectivity index (χ4v) is 2.70. The van der Waals surface area contributed by atoms with E-state index in [-0.39, 0.29) is 11.8 Å². The van der Waals surface area contributed by atoms with Crippen LogP contribution in [0.25, 0.3) is 0 Å². The van der Waals surface area contributed by atoms with E-state index in [0.717, 1.165) is 23.4 Å². The van der Waals surface area contributed by atoms with Crippen LogP contribution in [0.4, 0.5) is 11.4 Å². The van der Waals surface area contributed by atoms with Crippen LogP contribution in [0.1, 0.15) is 18.9 Å². The molecule has 5 nitrogen and oxygen atoms in total. The highest BCUT2D eigenvalue weighted by Crippen LogP contribution is 2.19. The number of hydrogen-bond acceptors (Lipinski definition) is 3. The highest BCUT2D eigenvalue weighted by molar-refractivity contribution is 5.91. The van der Waals surface area contributed by atoms with Crippen molar-refractivity contribution in [1.82, 2.24) is 5.32 Å². The van der Waals surface area contributed by atoms with Gasteiger partial charge in [0.25, 0.3) is 0 Å². The molecule has 0 aliphatic carbocycles. The molecule has 0 aliphatic heterocycles. The molecule has 0 heterocycles. The van der Waals surface area contributed by atoms with Crippen molar-refractivity contribution in [3.05, 3.63) is 60.2 Å². The third kappa shape index (κ3) is 5.92. The third-order valence-electron chi connectivity index (χ3n) is 4.20. The summed E-state index contributed by atoms with van der Waals surface area (Å²) in [6.07, 6.45) is 1.16. The van der Waals surface area contributed by atoms with Gasteiger partial charge in [0, 0.05) is 51.9 Å². The largest absolute Gasteiger partial charge is 0.378 e. The first-order chi connectivity index (χ1) is 12.5. The molecule has 0 spiro atoms. The molecule has 26 heavy (non-hydrogen) atoms. The summed E-state index contributed by atoms with van der Waals surface area (Å²) in [5.74, 6) is -0.0403. The average molecular weight is 353 g/mol. The summed E-state index contributed by atoms with van der Waals surface area (Å²) in [5.41, 5.74) is 3.06. The van der Waals surface area contributed by atoms with E-state index >= 15 is 0 Å². The molecule has 5 heteroatoms. The molecule has 0 aromatic heterocycles. The van der Waals surface area contributed by atoms with Crippen molar-refractivity contribution in [3.8, 4) is 0 Å². The van der Waals surface area contributed by atoms with Gasteiger partial charge in [-0.1, -0.05) is 30.3 Å². The van der Waals surface area contributed by atoms with Gasteiger partial charge in [-0.3, -0.25) is 9.59 Å². The SMILES string of the molecule is CC(=O)N(CCNC(=O)CCc1ccccc1)c1ccc(N(C)C)cc1. The van der Waals surface area contributed by atoms with Gasteiger partial charge in [-0.2, -0.15) is 0 Å². The summed E-state index contributed by atoms with van der Waals surface area (Å²) < 4.78 is 0. The van der Waals surface area contributed by atoms with Crippen LogP contribution in [0.2, 0.25) is 0 Å². The molecule has 138 valence electrons. The van der Waals surface area contributed by atoms with Gasteiger partial charge in [0.2, 0.25) is 11.8 Å². The molecule has 2 aromatic rings. The maximum atomic E-state index is 12.0. The minimum absolute atomic E-state index is 0.000288. The Bertz CT molecular complexity index is 712. The second-order valence-electron chi connectivity index (χ2n) is 6.42. The number of nitrogens with zero attached hydrogens (tertiary/aromatic N) is 2. The minimum Gasteiger partial charge on any atom is -0.378 e. The van der Waals surface area contributed by atoms with E-state index in [9.17, 15) is 9.59 Å². The van der Waals surface area contributed by atoms with Gasteiger partial charge in [-0.25, -0.2) is 0 Å². The van der Waals surface area contributed by atoms with Gasteiger partial charge < -0.3 is 15.1 Å². The summed E-state index contributed by atoms with van der Waals surface area (Å²) in [4.78, 5) is 27.6. The van der Waals surface area contributed by atoms with E-state index in [1.165, 1.54) is 6.92 Å². The quantitative estimate of drug-likeness (QED) is 0.794.